The van der Waals surface area contributed by atoms with Gasteiger partial charge >= 0.3 is 0 Å². The van der Waals surface area contributed by atoms with Gasteiger partial charge in [0.1, 0.15) is 0 Å². The molecule has 4 heteroatoms. The zero-order valence-electron chi connectivity index (χ0n) is 11.6. The van der Waals surface area contributed by atoms with Gasteiger partial charge in [-0.1, -0.05) is 43.4 Å². The van der Waals surface area contributed by atoms with E-state index in [0.717, 1.165) is 23.9 Å². The minimum atomic E-state index is -1.56. The van der Waals surface area contributed by atoms with Gasteiger partial charge in [0.05, 0.1) is 6.10 Å². The monoisotopic (exact) mass is 358 g/mol. The lowest BCUT2D eigenvalue weighted by Crippen LogP contribution is -2.41. The van der Waals surface area contributed by atoms with Crippen LogP contribution in [0.5, 0.6) is 0 Å². The van der Waals surface area contributed by atoms with Crippen molar-refractivity contribution in [3.8, 4) is 0 Å². The van der Waals surface area contributed by atoms with Crippen LogP contribution in [0.15, 0.2) is 0 Å². The molecule has 0 aromatic carbocycles. The van der Waals surface area contributed by atoms with E-state index in [2.05, 4.69) is 56.5 Å². The van der Waals surface area contributed by atoms with E-state index in [1.165, 1.54) is 0 Å². The second kappa shape index (κ2) is 7.33. The first-order valence-electron chi connectivity index (χ1n) is 5.97. The minimum Gasteiger partial charge on any atom is -0.417 e. The Morgan fingerprint density at radius 3 is 2.12 bits per heavy atom. The highest BCUT2D eigenvalue weighted by molar-refractivity contribution is 14.1. The molecular weight excluding hydrogens is 331 g/mol. The molecule has 0 rings (SSSR count). The van der Waals surface area contributed by atoms with E-state index in [-0.39, 0.29) is 0 Å². The van der Waals surface area contributed by atoms with Crippen molar-refractivity contribution in [1.29, 1.82) is 0 Å². The second-order valence-electron chi connectivity index (χ2n) is 5.73. The highest BCUT2D eigenvalue weighted by atomic mass is 127. The molecular formula is C12H27IO2Si. The molecule has 2 nitrogen and oxygen atoms in total. The summed E-state index contributed by atoms with van der Waals surface area (Å²) in [5.41, 5.74) is 0. The molecule has 0 aliphatic rings. The van der Waals surface area contributed by atoms with E-state index >= 15 is 0 Å². The van der Waals surface area contributed by atoms with Gasteiger partial charge in [-0.3, -0.25) is 0 Å². The Morgan fingerprint density at radius 1 is 1.19 bits per heavy atom. The normalized spacial score (nSPS) is 15.2. The van der Waals surface area contributed by atoms with Gasteiger partial charge in [0.25, 0.3) is 0 Å². The van der Waals surface area contributed by atoms with Crippen LogP contribution in [0.3, 0.4) is 0 Å². The fourth-order valence-corrected chi connectivity index (χ4v) is 2.92. The van der Waals surface area contributed by atoms with E-state index in [1.807, 2.05) is 0 Å². The predicted molar refractivity (Wildman–Crippen MR) is 82.1 cm³/mol. The van der Waals surface area contributed by atoms with Crippen LogP contribution in [0.2, 0.25) is 18.1 Å². The fraction of sp³-hybridized carbons (Fsp3) is 1.00. The lowest BCUT2D eigenvalue weighted by atomic mass is 10.2. The van der Waals surface area contributed by atoms with Crippen molar-refractivity contribution in [2.45, 2.75) is 57.8 Å². The average molecular weight is 358 g/mol. The number of ether oxygens (including phenoxy) is 1. The molecule has 0 saturated heterocycles. The lowest BCUT2D eigenvalue weighted by Gasteiger charge is -2.36. The summed E-state index contributed by atoms with van der Waals surface area (Å²) in [6.45, 7) is 12.3. The van der Waals surface area contributed by atoms with Crippen LogP contribution in [0.4, 0.5) is 0 Å². The molecule has 1 atom stereocenters. The molecule has 0 aliphatic carbocycles. The fourth-order valence-electron chi connectivity index (χ4n) is 1.16. The van der Waals surface area contributed by atoms with Crippen LogP contribution in [0.1, 0.15) is 33.6 Å². The van der Waals surface area contributed by atoms with E-state index in [9.17, 15) is 0 Å². The maximum atomic E-state index is 6.13. The third-order valence-electron chi connectivity index (χ3n) is 3.47. The van der Waals surface area contributed by atoms with E-state index < -0.39 is 8.32 Å². The van der Waals surface area contributed by atoms with E-state index in [4.69, 9.17) is 9.16 Å². The summed E-state index contributed by atoms with van der Waals surface area (Å²) in [7, 11) is 0.230. The van der Waals surface area contributed by atoms with E-state index in [0.29, 0.717) is 11.1 Å². The number of methoxy groups -OCH3 is 1. The van der Waals surface area contributed by atoms with Gasteiger partial charge in [-0.25, -0.2) is 0 Å². The van der Waals surface area contributed by atoms with Crippen molar-refractivity contribution in [2.75, 3.05) is 18.1 Å². The molecule has 0 aromatic heterocycles. The molecule has 0 bridgehead atoms. The zero-order chi connectivity index (χ0) is 12.8. The molecule has 0 aromatic rings. The Kier molecular flexibility index (Phi) is 7.73. The van der Waals surface area contributed by atoms with Crippen molar-refractivity contribution in [2.24, 2.45) is 0 Å². The maximum absolute atomic E-state index is 6.13. The first-order valence-corrected chi connectivity index (χ1v) is 10.4. The van der Waals surface area contributed by atoms with Crippen LogP contribution < -0.4 is 0 Å². The van der Waals surface area contributed by atoms with Gasteiger partial charge in [-0.15, -0.1) is 0 Å². The van der Waals surface area contributed by atoms with E-state index in [1.54, 1.807) is 7.11 Å². The maximum Gasteiger partial charge on any atom is 0.191 e. The van der Waals surface area contributed by atoms with Gasteiger partial charge < -0.3 is 9.16 Å². The topological polar surface area (TPSA) is 18.5 Å². The third-order valence-corrected chi connectivity index (χ3v) is 8.63. The van der Waals surface area contributed by atoms with Crippen molar-refractivity contribution >= 4 is 30.9 Å². The second-order valence-corrected chi connectivity index (χ2v) is 11.6. The summed E-state index contributed by atoms with van der Waals surface area (Å²) in [5, 5.41) is 0.304. The Hall–Kier alpha value is 0.867. The first kappa shape index (κ1) is 16.9. The molecule has 0 aliphatic heterocycles. The smallest absolute Gasteiger partial charge is 0.191 e. The van der Waals surface area contributed by atoms with Crippen molar-refractivity contribution in [3.63, 3.8) is 0 Å². The summed E-state index contributed by atoms with van der Waals surface area (Å²) >= 11 is 2.39. The largest absolute Gasteiger partial charge is 0.417 e. The Morgan fingerprint density at radius 2 is 1.75 bits per heavy atom. The highest BCUT2D eigenvalue weighted by Crippen LogP contribution is 2.36. The van der Waals surface area contributed by atoms with Crippen molar-refractivity contribution in [3.05, 3.63) is 0 Å². The number of rotatable bonds is 7. The molecule has 0 spiro atoms. The van der Waals surface area contributed by atoms with Gasteiger partial charge in [0, 0.05) is 18.1 Å². The Labute approximate surface area is 116 Å². The Balaban J connectivity index is 3.97. The van der Waals surface area contributed by atoms with Gasteiger partial charge in [-0.2, -0.15) is 0 Å². The van der Waals surface area contributed by atoms with Gasteiger partial charge in [0.2, 0.25) is 0 Å². The first-order chi connectivity index (χ1) is 7.24. The van der Waals surface area contributed by atoms with Crippen LogP contribution >= 0.6 is 22.6 Å². The van der Waals surface area contributed by atoms with Crippen molar-refractivity contribution in [1.82, 2.24) is 0 Å². The Bertz CT molecular complexity index is 190. The third kappa shape index (κ3) is 5.98. The minimum absolute atomic E-state index is 0.304. The van der Waals surface area contributed by atoms with Crippen LogP contribution in [0, 0.1) is 0 Å². The molecule has 98 valence electrons. The van der Waals surface area contributed by atoms with Gasteiger partial charge in [-0.05, 0) is 31.0 Å². The molecule has 0 amide bonds. The summed E-state index contributed by atoms with van der Waals surface area (Å²) in [6, 6.07) is 0. The number of hydrogen-bond donors (Lipinski definition) is 0. The molecule has 0 fully saturated rings. The lowest BCUT2D eigenvalue weighted by molar-refractivity contribution is 0.0778. The standard InChI is InChI=1S/C12H27IO2Si/c1-12(2,3)16(5,6)15-10-8-11(14-4)7-9-13/h11H,7-10H2,1-6H3/t11-/m1/s1. The molecule has 0 N–H and O–H groups in total. The molecule has 0 heterocycles. The van der Waals surface area contributed by atoms with Gasteiger partial charge in [0.15, 0.2) is 8.32 Å². The van der Waals surface area contributed by atoms with Crippen molar-refractivity contribution < 1.29 is 9.16 Å². The molecule has 0 saturated carbocycles. The average Bonchev–Trinajstić information content (AvgIpc) is 2.14. The van der Waals surface area contributed by atoms with Crippen LogP contribution in [-0.2, 0) is 9.16 Å². The summed E-state index contributed by atoms with van der Waals surface area (Å²) < 4.78 is 12.7. The molecule has 0 unspecified atom stereocenters. The summed E-state index contributed by atoms with van der Waals surface area (Å²) in [4.78, 5) is 0. The van der Waals surface area contributed by atoms with Crippen LogP contribution in [0.25, 0.3) is 0 Å². The molecule has 0 radical (unpaired) electrons. The zero-order valence-corrected chi connectivity index (χ0v) is 14.8. The number of hydrogen-bond acceptors (Lipinski definition) is 2. The number of alkyl halides is 1. The highest BCUT2D eigenvalue weighted by Gasteiger charge is 2.36. The molecule has 16 heavy (non-hydrogen) atoms. The predicted octanol–water partition coefficient (Wildman–Crippen LogP) is 4.24. The summed E-state index contributed by atoms with van der Waals surface area (Å²) in [6.07, 6.45) is 2.51. The number of halogens is 1. The SMILES string of the molecule is CO[C@H](CCI)CCO[Si](C)(C)C(C)(C)C. The quantitative estimate of drug-likeness (QED) is 0.385. The van der Waals surface area contributed by atoms with Crippen LogP contribution in [-0.4, -0.2) is 32.6 Å². The summed E-state index contributed by atoms with van der Waals surface area (Å²) in [5.74, 6) is 0.